The van der Waals surface area contributed by atoms with Gasteiger partial charge in [0, 0.05) is 29.7 Å². The van der Waals surface area contributed by atoms with Crippen LogP contribution in [0.25, 0.3) is 17.2 Å². The van der Waals surface area contributed by atoms with Crippen molar-refractivity contribution in [1.82, 2.24) is 34.8 Å². The fourth-order valence-corrected chi connectivity index (χ4v) is 4.70. The molecule has 1 fully saturated rings. The molecule has 29 heavy (non-hydrogen) atoms. The monoisotopic (exact) mass is 385 g/mol. The van der Waals surface area contributed by atoms with E-state index >= 15 is 0 Å². The number of aromatic nitrogens is 7. The van der Waals surface area contributed by atoms with Crippen LogP contribution in [0.1, 0.15) is 54.3 Å². The molecule has 0 saturated heterocycles. The number of hydrogen-bond acceptors (Lipinski definition) is 7. The van der Waals surface area contributed by atoms with Gasteiger partial charge in [0.25, 0.3) is 0 Å². The third-order valence-corrected chi connectivity index (χ3v) is 6.01. The van der Waals surface area contributed by atoms with Crippen molar-refractivity contribution in [2.75, 3.05) is 0 Å². The van der Waals surface area contributed by atoms with Crippen LogP contribution in [0.15, 0.2) is 43.0 Å². The minimum Gasteiger partial charge on any atom is -0.470 e. The Bertz CT molecular complexity index is 1170. The van der Waals surface area contributed by atoms with Gasteiger partial charge in [0.15, 0.2) is 5.65 Å². The van der Waals surface area contributed by atoms with Gasteiger partial charge in [-0.1, -0.05) is 6.07 Å². The van der Waals surface area contributed by atoms with Crippen molar-refractivity contribution in [2.24, 2.45) is 0 Å². The van der Waals surface area contributed by atoms with E-state index in [1.54, 1.807) is 29.3 Å². The zero-order valence-electron chi connectivity index (χ0n) is 15.8. The van der Waals surface area contributed by atoms with Gasteiger partial charge < -0.3 is 4.74 Å². The van der Waals surface area contributed by atoms with Gasteiger partial charge in [-0.25, -0.2) is 4.98 Å². The molecule has 2 bridgehead atoms. The Labute approximate surface area is 167 Å². The van der Waals surface area contributed by atoms with Gasteiger partial charge >= 0.3 is 0 Å². The Hall–Kier alpha value is -3.42. The summed E-state index contributed by atoms with van der Waals surface area (Å²) >= 11 is 0. The summed E-state index contributed by atoms with van der Waals surface area (Å²) in [6, 6.07) is 5.82. The summed E-state index contributed by atoms with van der Waals surface area (Å²) in [5.41, 5.74) is 4.81. The first-order chi connectivity index (χ1) is 14.4. The van der Waals surface area contributed by atoms with Crippen molar-refractivity contribution < 1.29 is 4.74 Å². The summed E-state index contributed by atoms with van der Waals surface area (Å²) < 4.78 is 8.00. The van der Waals surface area contributed by atoms with Gasteiger partial charge in [0.2, 0.25) is 11.7 Å². The molecule has 8 heteroatoms. The zero-order valence-corrected chi connectivity index (χ0v) is 15.8. The molecule has 4 aromatic rings. The van der Waals surface area contributed by atoms with Crippen molar-refractivity contribution >= 4 is 5.65 Å². The summed E-state index contributed by atoms with van der Waals surface area (Å²) in [4.78, 5) is 12.9. The number of rotatable bonds is 4. The number of hydrogen-bond donors (Lipinski definition) is 0. The minimum atomic E-state index is 0.381. The summed E-state index contributed by atoms with van der Waals surface area (Å²) in [5.74, 6) is 2.21. The molecule has 0 N–H and O–H groups in total. The SMILES string of the molecule is c1ccc(COc2nn3c(-c4cnccn4)nnc3c3c2C2CCC3CC2)nc1. The topological polar surface area (TPSA) is 91.0 Å². The second-order valence-electron chi connectivity index (χ2n) is 7.64. The molecule has 1 saturated carbocycles. The Kier molecular flexibility index (Phi) is 3.75. The predicted octanol–water partition coefficient (Wildman–Crippen LogP) is 3.31. The standard InChI is InChI=1S/C21H19N7O/c1-2-8-23-15(3-1)12-29-21-18-14-6-4-13(5-7-14)17(18)20-26-25-19(28(20)27-21)16-11-22-9-10-24-16/h1-3,8-11,13-14H,4-7,12H2. The van der Waals surface area contributed by atoms with Crippen molar-refractivity contribution in [2.45, 2.75) is 44.1 Å². The molecule has 3 aliphatic carbocycles. The van der Waals surface area contributed by atoms with Gasteiger partial charge in [-0.05, 0) is 49.7 Å². The smallest absolute Gasteiger partial charge is 0.236 e. The highest BCUT2D eigenvalue weighted by Crippen LogP contribution is 2.53. The molecule has 0 aliphatic heterocycles. The molecule has 144 valence electrons. The Morgan fingerprint density at radius 1 is 0.931 bits per heavy atom. The highest BCUT2D eigenvalue weighted by molar-refractivity contribution is 5.63. The van der Waals surface area contributed by atoms with Gasteiger partial charge in [0.1, 0.15) is 12.3 Å². The molecule has 0 aromatic carbocycles. The molecule has 0 radical (unpaired) electrons. The molecule has 0 atom stereocenters. The van der Waals surface area contributed by atoms with E-state index in [-0.39, 0.29) is 0 Å². The fourth-order valence-electron chi connectivity index (χ4n) is 4.70. The Balaban J connectivity index is 1.52. The Morgan fingerprint density at radius 3 is 2.55 bits per heavy atom. The summed E-state index contributed by atoms with van der Waals surface area (Å²) in [6.45, 7) is 0.381. The van der Waals surface area contributed by atoms with Crippen LogP contribution in [-0.2, 0) is 6.61 Å². The number of pyridine rings is 1. The molecule has 8 nitrogen and oxygen atoms in total. The lowest BCUT2D eigenvalue weighted by molar-refractivity contribution is 0.265. The van der Waals surface area contributed by atoms with Crippen LogP contribution in [0.4, 0.5) is 0 Å². The second-order valence-corrected chi connectivity index (χ2v) is 7.64. The maximum absolute atomic E-state index is 6.23. The van der Waals surface area contributed by atoms with Gasteiger partial charge in [0.05, 0.1) is 11.9 Å². The van der Waals surface area contributed by atoms with Crippen LogP contribution in [0.2, 0.25) is 0 Å². The third-order valence-electron chi connectivity index (χ3n) is 6.01. The van der Waals surface area contributed by atoms with Crippen LogP contribution in [0.3, 0.4) is 0 Å². The fraction of sp³-hybridized carbons (Fsp3) is 0.333. The highest BCUT2D eigenvalue weighted by atomic mass is 16.5. The molecule has 4 heterocycles. The number of nitrogens with zero attached hydrogens (tertiary/aromatic N) is 7. The van der Waals surface area contributed by atoms with Crippen molar-refractivity contribution in [1.29, 1.82) is 0 Å². The molecule has 7 rings (SSSR count). The van der Waals surface area contributed by atoms with Gasteiger partial charge in [-0.2, -0.15) is 4.52 Å². The lowest BCUT2D eigenvalue weighted by Crippen LogP contribution is -2.25. The normalized spacial score (nSPS) is 20.0. The van der Waals surface area contributed by atoms with E-state index in [2.05, 4.69) is 25.1 Å². The maximum Gasteiger partial charge on any atom is 0.236 e. The number of fused-ring (bicyclic) bond motifs is 3. The van der Waals surface area contributed by atoms with Crippen molar-refractivity contribution in [3.63, 3.8) is 0 Å². The quantitative estimate of drug-likeness (QED) is 0.532. The van der Waals surface area contributed by atoms with Crippen LogP contribution in [0, 0.1) is 0 Å². The summed E-state index contributed by atoms with van der Waals surface area (Å²) in [6.07, 6.45) is 11.5. The molecule has 0 unspecified atom stereocenters. The summed E-state index contributed by atoms with van der Waals surface area (Å²) in [5, 5.41) is 13.7. The molecule has 0 spiro atoms. The predicted molar refractivity (Wildman–Crippen MR) is 104 cm³/mol. The second kappa shape index (κ2) is 6.58. The van der Waals surface area contributed by atoms with E-state index in [1.807, 2.05) is 18.2 Å². The van der Waals surface area contributed by atoms with Crippen LogP contribution < -0.4 is 4.74 Å². The average molecular weight is 385 g/mol. The van der Waals surface area contributed by atoms with E-state index in [9.17, 15) is 0 Å². The molecule has 4 aromatic heterocycles. The molecular weight excluding hydrogens is 366 g/mol. The third kappa shape index (κ3) is 2.66. The average Bonchev–Trinajstić information content (AvgIpc) is 3.23. The summed E-state index contributed by atoms with van der Waals surface area (Å²) in [7, 11) is 0. The van der Waals surface area contributed by atoms with Crippen LogP contribution in [-0.4, -0.2) is 34.8 Å². The van der Waals surface area contributed by atoms with E-state index in [4.69, 9.17) is 9.84 Å². The highest BCUT2D eigenvalue weighted by Gasteiger charge is 2.39. The number of ether oxygens (including phenoxy) is 1. The van der Waals surface area contributed by atoms with E-state index in [0.717, 1.165) is 11.3 Å². The molecular formula is C21H19N7O. The first-order valence-electron chi connectivity index (χ1n) is 9.97. The molecule has 3 aliphatic rings. The van der Waals surface area contributed by atoms with E-state index in [1.165, 1.54) is 36.8 Å². The molecule has 0 amide bonds. The van der Waals surface area contributed by atoms with E-state index < -0.39 is 0 Å². The minimum absolute atomic E-state index is 0.381. The van der Waals surface area contributed by atoms with Gasteiger partial charge in [-0.3, -0.25) is 9.97 Å². The van der Waals surface area contributed by atoms with Crippen LogP contribution in [0.5, 0.6) is 5.88 Å². The Morgan fingerprint density at radius 2 is 1.79 bits per heavy atom. The maximum atomic E-state index is 6.23. The lowest BCUT2D eigenvalue weighted by atomic mass is 9.67. The lowest BCUT2D eigenvalue weighted by Gasteiger charge is -2.38. The zero-order chi connectivity index (χ0) is 19.2. The first-order valence-corrected chi connectivity index (χ1v) is 9.97. The largest absolute Gasteiger partial charge is 0.470 e. The van der Waals surface area contributed by atoms with Gasteiger partial charge in [-0.15, -0.1) is 15.3 Å². The van der Waals surface area contributed by atoms with Crippen LogP contribution >= 0.6 is 0 Å². The van der Waals surface area contributed by atoms with E-state index in [0.29, 0.717) is 35.8 Å². The first kappa shape index (κ1) is 16.5. The van der Waals surface area contributed by atoms with Crippen molar-refractivity contribution in [3.8, 4) is 17.4 Å². The van der Waals surface area contributed by atoms with Crippen molar-refractivity contribution in [3.05, 3.63) is 59.8 Å².